The SMILES string of the molecule is CC(C)N(Cc1cccnc1)S(=O)(=O)c1ccc(-n2ncc(Cl)c(Cl)c2=O)cc1. The van der Waals surface area contributed by atoms with Crippen molar-refractivity contribution in [1.82, 2.24) is 19.1 Å². The Morgan fingerprint density at radius 2 is 1.79 bits per heavy atom. The van der Waals surface area contributed by atoms with Gasteiger partial charge in [-0.05, 0) is 49.7 Å². The molecule has 0 saturated heterocycles. The molecule has 3 aromatic rings. The number of sulfonamides is 1. The van der Waals surface area contributed by atoms with Gasteiger partial charge in [-0.3, -0.25) is 9.78 Å². The summed E-state index contributed by atoms with van der Waals surface area (Å²) in [6, 6.07) is 9.17. The van der Waals surface area contributed by atoms with Gasteiger partial charge in [-0.25, -0.2) is 8.42 Å². The number of halogens is 2. The zero-order valence-electron chi connectivity index (χ0n) is 15.7. The van der Waals surface area contributed by atoms with Gasteiger partial charge in [-0.1, -0.05) is 29.3 Å². The molecule has 0 fully saturated rings. The first-order valence-corrected chi connectivity index (χ1v) is 10.9. The highest BCUT2D eigenvalue weighted by Crippen LogP contribution is 2.22. The molecule has 7 nitrogen and oxygen atoms in total. The molecule has 0 bridgehead atoms. The van der Waals surface area contributed by atoms with Crippen LogP contribution in [-0.4, -0.2) is 33.5 Å². The second-order valence-electron chi connectivity index (χ2n) is 6.52. The van der Waals surface area contributed by atoms with Crippen LogP contribution in [0.2, 0.25) is 10.0 Å². The van der Waals surface area contributed by atoms with Crippen LogP contribution in [0.5, 0.6) is 0 Å². The Bertz CT molecular complexity index is 1160. The van der Waals surface area contributed by atoms with Crippen molar-refractivity contribution in [3.05, 3.63) is 81.0 Å². The highest BCUT2D eigenvalue weighted by molar-refractivity contribution is 7.89. The quantitative estimate of drug-likeness (QED) is 0.570. The third-order valence-electron chi connectivity index (χ3n) is 4.20. The van der Waals surface area contributed by atoms with Crippen LogP contribution in [0.15, 0.2) is 64.7 Å². The molecule has 29 heavy (non-hydrogen) atoms. The van der Waals surface area contributed by atoms with Crippen LogP contribution in [0.4, 0.5) is 0 Å². The van der Waals surface area contributed by atoms with Crippen LogP contribution in [0.25, 0.3) is 5.69 Å². The molecule has 3 rings (SSSR count). The lowest BCUT2D eigenvalue weighted by Crippen LogP contribution is -2.36. The molecule has 0 radical (unpaired) electrons. The zero-order valence-corrected chi connectivity index (χ0v) is 18.0. The van der Waals surface area contributed by atoms with Crippen molar-refractivity contribution in [2.45, 2.75) is 31.3 Å². The van der Waals surface area contributed by atoms with Crippen LogP contribution in [0, 0.1) is 0 Å². The summed E-state index contributed by atoms with van der Waals surface area (Å²) in [6.07, 6.45) is 4.52. The lowest BCUT2D eigenvalue weighted by molar-refractivity contribution is 0.347. The molecule has 0 aliphatic carbocycles. The average molecular weight is 453 g/mol. The number of benzene rings is 1. The Kier molecular flexibility index (Phi) is 6.38. The first-order chi connectivity index (χ1) is 13.7. The van der Waals surface area contributed by atoms with Crippen molar-refractivity contribution in [2.24, 2.45) is 0 Å². The lowest BCUT2D eigenvalue weighted by atomic mass is 10.2. The molecule has 0 saturated carbocycles. The molecule has 1 aromatic carbocycles. The van der Waals surface area contributed by atoms with Crippen LogP contribution < -0.4 is 5.56 Å². The van der Waals surface area contributed by atoms with Crippen molar-refractivity contribution < 1.29 is 8.42 Å². The molecule has 0 spiro atoms. The van der Waals surface area contributed by atoms with Gasteiger partial charge in [0, 0.05) is 25.0 Å². The van der Waals surface area contributed by atoms with E-state index in [0.717, 1.165) is 10.2 Å². The maximum atomic E-state index is 13.2. The van der Waals surface area contributed by atoms with Gasteiger partial charge in [0.15, 0.2) is 0 Å². The lowest BCUT2D eigenvalue weighted by Gasteiger charge is -2.26. The third kappa shape index (κ3) is 4.51. The van der Waals surface area contributed by atoms with E-state index in [-0.39, 0.29) is 27.5 Å². The number of hydrogen-bond donors (Lipinski definition) is 0. The minimum atomic E-state index is -3.77. The van der Waals surface area contributed by atoms with E-state index in [9.17, 15) is 13.2 Å². The monoisotopic (exact) mass is 452 g/mol. The van der Waals surface area contributed by atoms with Gasteiger partial charge < -0.3 is 0 Å². The number of hydrogen-bond acceptors (Lipinski definition) is 5. The molecular formula is C19H18Cl2N4O3S. The maximum Gasteiger partial charge on any atom is 0.291 e. The number of rotatable bonds is 6. The van der Waals surface area contributed by atoms with Gasteiger partial charge in [0.1, 0.15) is 5.02 Å². The van der Waals surface area contributed by atoms with Gasteiger partial charge in [0.25, 0.3) is 5.56 Å². The van der Waals surface area contributed by atoms with E-state index < -0.39 is 15.6 Å². The summed E-state index contributed by atoms with van der Waals surface area (Å²) in [7, 11) is -3.77. The summed E-state index contributed by atoms with van der Waals surface area (Å²) in [5.74, 6) is 0. The molecule has 0 aliphatic heterocycles. The van der Waals surface area contributed by atoms with E-state index >= 15 is 0 Å². The molecule has 0 N–H and O–H groups in total. The smallest absolute Gasteiger partial charge is 0.266 e. The predicted octanol–water partition coefficient (Wildman–Crippen LogP) is 3.53. The Labute approximate surface area is 178 Å². The van der Waals surface area contributed by atoms with Crippen LogP contribution in [0.1, 0.15) is 19.4 Å². The van der Waals surface area contributed by atoms with Crippen molar-refractivity contribution >= 4 is 33.2 Å². The fourth-order valence-electron chi connectivity index (χ4n) is 2.71. The van der Waals surface area contributed by atoms with Gasteiger partial charge in [-0.15, -0.1) is 0 Å². The molecule has 2 heterocycles. The van der Waals surface area contributed by atoms with Gasteiger partial charge in [0.2, 0.25) is 10.0 Å². The normalized spacial score (nSPS) is 11.9. The van der Waals surface area contributed by atoms with E-state index in [1.54, 1.807) is 18.5 Å². The summed E-state index contributed by atoms with van der Waals surface area (Å²) in [6.45, 7) is 3.81. The molecule has 0 aliphatic rings. The zero-order chi connectivity index (χ0) is 21.2. The fraction of sp³-hybridized carbons (Fsp3) is 0.211. The third-order valence-corrected chi connectivity index (χ3v) is 6.99. The minimum Gasteiger partial charge on any atom is -0.266 e. The van der Waals surface area contributed by atoms with Crippen molar-refractivity contribution in [3.63, 3.8) is 0 Å². The summed E-state index contributed by atoms with van der Waals surface area (Å²) in [4.78, 5) is 16.4. The largest absolute Gasteiger partial charge is 0.291 e. The van der Waals surface area contributed by atoms with E-state index in [4.69, 9.17) is 23.2 Å². The van der Waals surface area contributed by atoms with Gasteiger partial charge >= 0.3 is 0 Å². The van der Waals surface area contributed by atoms with Crippen molar-refractivity contribution in [1.29, 1.82) is 0 Å². The number of aromatic nitrogens is 3. The Hall–Kier alpha value is -2.26. The van der Waals surface area contributed by atoms with Gasteiger partial charge in [-0.2, -0.15) is 14.1 Å². The summed E-state index contributed by atoms with van der Waals surface area (Å²) >= 11 is 11.7. The average Bonchev–Trinajstić information content (AvgIpc) is 2.71. The standard InChI is InChI=1S/C19H18Cl2N4O3S/c1-13(2)24(12-14-4-3-9-22-10-14)29(27,28)16-7-5-15(6-8-16)25-19(26)18(21)17(20)11-23-25/h3-11,13H,12H2,1-2H3. The fourth-order valence-corrected chi connectivity index (χ4v) is 4.59. The van der Waals surface area contributed by atoms with Crippen molar-refractivity contribution in [2.75, 3.05) is 0 Å². The topological polar surface area (TPSA) is 85.2 Å². The summed E-state index contributed by atoms with van der Waals surface area (Å²) in [5, 5.41) is 3.84. The molecular weight excluding hydrogens is 435 g/mol. The van der Waals surface area contributed by atoms with E-state index in [2.05, 4.69) is 10.1 Å². The molecule has 0 amide bonds. The Balaban J connectivity index is 1.95. The second-order valence-corrected chi connectivity index (χ2v) is 9.20. The number of nitrogens with zero attached hydrogens (tertiary/aromatic N) is 4. The summed E-state index contributed by atoms with van der Waals surface area (Å²) < 4.78 is 28.8. The maximum absolute atomic E-state index is 13.2. The van der Waals surface area contributed by atoms with Crippen LogP contribution in [0.3, 0.4) is 0 Å². The number of pyridine rings is 1. The van der Waals surface area contributed by atoms with Gasteiger partial charge in [0.05, 0.1) is 21.8 Å². The molecule has 2 aromatic heterocycles. The highest BCUT2D eigenvalue weighted by atomic mass is 35.5. The van der Waals surface area contributed by atoms with E-state index in [1.807, 2.05) is 19.9 Å². The molecule has 0 atom stereocenters. The Morgan fingerprint density at radius 1 is 1.10 bits per heavy atom. The first kappa shape index (κ1) is 21.4. The van der Waals surface area contributed by atoms with Crippen LogP contribution in [-0.2, 0) is 16.6 Å². The Morgan fingerprint density at radius 3 is 2.38 bits per heavy atom. The summed E-state index contributed by atoms with van der Waals surface area (Å²) in [5.41, 5.74) is 0.569. The second kappa shape index (κ2) is 8.62. The predicted molar refractivity (Wildman–Crippen MR) is 112 cm³/mol. The highest BCUT2D eigenvalue weighted by Gasteiger charge is 2.27. The van der Waals surface area contributed by atoms with Crippen molar-refractivity contribution in [3.8, 4) is 5.69 Å². The molecule has 10 heteroatoms. The minimum absolute atomic E-state index is 0.0510. The molecule has 0 unspecified atom stereocenters. The first-order valence-electron chi connectivity index (χ1n) is 8.66. The van der Waals surface area contributed by atoms with Crippen LogP contribution >= 0.6 is 23.2 Å². The van der Waals surface area contributed by atoms with E-state index in [1.165, 1.54) is 34.8 Å². The van der Waals surface area contributed by atoms with E-state index in [0.29, 0.717) is 5.69 Å². The molecule has 152 valence electrons.